The van der Waals surface area contributed by atoms with Crippen molar-refractivity contribution in [2.24, 2.45) is 7.05 Å². The molecule has 2 aromatic heterocycles. The van der Waals surface area contributed by atoms with E-state index >= 15 is 0 Å². The van der Waals surface area contributed by atoms with Crippen molar-refractivity contribution in [1.82, 2.24) is 14.9 Å². The highest BCUT2D eigenvalue weighted by atomic mass is 19.3. The Kier molecular flexibility index (Phi) is 3.53. The average Bonchev–Trinajstić information content (AvgIpc) is 2.91. The number of imidazole rings is 1. The van der Waals surface area contributed by atoms with Crippen LogP contribution in [0.2, 0.25) is 0 Å². The van der Waals surface area contributed by atoms with Gasteiger partial charge in [-0.3, -0.25) is 5.32 Å². The van der Waals surface area contributed by atoms with E-state index in [-0.39, 0.29) is 0 Å². The van der Waals surface area contributed by atoms with Gasteiger partial charge < -0.3 is 8.98 Å². The Morgan fingerprint density at radius 3 is 2.88 bits per heavy atom. The molecule has 0 bridgehead atoms. The highest BCUT2D eigenvalue weighted by Gasteiger charge is 2.21. The number of rotatable bonds is 5. The van der Waals surface area contributed by atoms with E-state index in [0.29, 0.717) is 11.6 Å². The van der Waals surface area contributed by atoms with Crippen LogP contribution in [0.3, 0.4) is 0 Å². The van der Waals surface area contributed by atoms with Crippen molar-refractivity contribution < 1.29 is 13.2 Å². The molecule has 0 aliphatic rings. The smallest absolute Gasteiger partial charge is 0.250 e. The van der Waals surface area contributed by atoms with Crippen molar-refractivity contribution in [3.63, 3.8) is 0 Å². The number of halogens is 2. The number of hydrogen-bond donors (Lipinski definition) is 1. The zero-order valence-corrected chi connectivity index (χ0v) is 9.31. The molecule has 0 aliphatic carbocycles. The van der Waals surface area contributed by atoms with Crippen molar-refractivity contribution in [3.8, 4) is 0 Å². The fourth-order valence-electron chi connectivity index (χ4n) is 1.64. The molecule has 0 fully saturated rings. The second kappa shape index (κ2) is 5.09. The van der Waals surface area contributed by atoms with E-state index in [1.807, 2.05) is 7.05 Å². The van der Waals surface area contributed by atoms with Gasteiger partial charge in [0.05, 0.1) is 12.8 Å². The molecular formula is C11H13F2N3O. The number of hydrogen-bond acceptors (Lipinski definition) is 3. The van der Waals surface area contributed by atoms with Gasteiger partial charge in [0.15, 0.2) is 0 Å². The van der Waals surface area contributed by atoms with Crippen LogP contribution in [0.25, 0.3) is 0 Å². The molecule has 2 rings (SSSR count). The largest absolute Gasteiger partial charge is 0.467 e. The third kappa shape index (κ3) is 2.71. The molecule has 0 radical (unpaired) electrons. The Labute approximate surface area is 97.3 Å². The molecule has 0 amide bonds. The summed E-state index contributed by atoms with van der Waals surface area (Å²) in [5.74, 6) is 1.21. The van der Waals surface area contributed by atoms with Crippen LogP contribution >= 0.6 is 0 Å². The summed E-state index contributed by atoms with van der Waals surface area (Å²) >= 11 is 0. The number of nitrogens with zero attached hydrogens (tertiary/aromatic N) is 2. The zero-order valence-electron chi connectivity index (χ0n) is 9.31. The second-order valence-corrected chi connectivity index (χ2v) is 3.64. The van der Waals surface area contributed by atoms with Crippen LogP contribution in [0, 0.1) is 0 Å². The lowest BCUT2D eigenvalue weighted by molar-refractivity contribution is 0.141. The van der Waals surface area contributed by atoms with Gasteiger partial charge in [-0.2, -0.15) is 0 Å². The van der Waals surface area contributed by atoms with Crippen LogP contribution in [0.4, 0.5) is 8.78 Å². The van der Waals surface area contributed by atoms with Gasteiger partial charge in [-0.1, -0.05) is 0 Å². The Hall–Kier alpha value is -1.69. The molecule has 0 aromatic carbocycles. The van der Waals surface area contributed by atoms with Crippen LogP contribution in [-0.4, -0.2) is 22.5 Å². The first kappa shape index (κ1) is 11.8. The Morgan fingerprint density at radius 1 is 1.53 bits per heavy atom. The van der Waals surface area contributed by atoms with Crippen LogP contribution in [-0.2, 0) is 7.05 Å². The second-order valence-electron chi connectivity index (χ2n) is 3.64. The highest BCUT2D eigenvalue weighted by Crippen LogP contribution is 2.20. The van der Waals surface area contributed by atoms with Crippen LogP contribution in [0.1, 0.15) is 17.6 Å². The molecule has 6 heteroatoms. The van der Waals surface area contributed by atoms with Crippen LogP contribution in [0.15, 0.2) is 35.2 Å². The molecule has 0 saturated carbocycles. The summed E-state index contributed by atoms with van der Waals surface area (Å²) < 4.78 is 31.5. The van der Waals surface area contributed by atoms with Gasteiger partial charge >= 0.3 is 0 Å². The quantitative estimate of drug-likeness (QED) is 0.870. The average molecular weight is 241 g/mol. The van der Waals surface area contributed by atoms with Gasteiger partial charge in [-0.25, -0.2) is 13.8 Å². The summed E-state index contributed by atoms with van der Waals surface area (Å²) in [6.45, 7) is -0.405. The third-order valence-electron chi connectivity index (χ3n) is 2.42. The number of nitrogens with one attached hydrogen (secondary N) is 1. The minimum Gasteiger partial charge on any atom is -0.467 e. The monoisotopic (exact) mass is 241 g/mol. The number of furan rings is 1. The lowest BCUT2D eigenvalue weighted by Crippen LogP contribution is -2.29. The summed E-state index contributed by atoms with van der Waals surface area (Å²) in [4.78, 5) is 4.15. The summed E-state index contributed by atoms with van der Waals surface area (Å²) in [5, 5.41) is 2.74. The van der Waals surface area contributed by atoms with Gasteiger partial charge in [0.1, 0.15) is 17.6 Å². The van der Waals surface area contributed by atoms with Crippen molar-refractivity contribution in [2.45, 2.75) is 12.5 Å². The molecule has 2 heterocycles. The Bertz CT molecular complexity index is 453. The maximum atomic E-state index is 12.3. The predicted molar refractivity (Wildman–Crippen MR) is 57.8 cm³/mol. The minimum atomic E-state index is -2.41. The minimum absolute atomic E-state index is 0.405. The molecule has 0 aliphatic heterocycles. The molecule has 0 saturated heterocycles. The van der Waals surface area contributed by atoms with Crippen molar-refractivity contribution in [2.75, 3.05) is 6.54 Å². The first-order valence-corrected chi connectivity index (χ1v) is 5.20. The SMILES string of the molecule is Cn1ccnc1C(NCC(F)F)c1ccco1. The van der Waals surface area contributed by atoms with E-state index in [1.54, 1.807) is 29.1 Å². The van der Waals surface area contributed by atoms with E-state index in [4.69, 9.17) is 4.42 Å². The molecule has 1 N–H and O–H groups in total. The lowest BCUT2D eigenvalue weighted by Gasteiger charge is -2.16. The van der Waals surface area contributed by atoms with E-state index in [1.165, 1.54) is 6.26 Å². The molecule has 0 spiro atoms. The first-order valence-electron chi connectivity index (χ1n) is 5.20. The van der Waals surface area contributed by atoms with Gasteiger partial charge in [0, 0.05) is 19.4 Å². The van der Waals surface area contributed by atoms with E-state index in [9.17, 15) is 8.78 Å². The Morgan fingerprint density at radius 2 is 2.35 bits per heavy atom. The van der Waals surface area contributed by atoms with Crippen LogP contribution in [0.5, 0.6) is 0 Å². The van der Waals surface area contributed by atoms with Gasteiger partial charge in [0.25, 0.3) is 6.43 Å². The van der Waals surface area contributed by atoms with E-state index < -0.39 is 19.0 Å². The Balaban J connectivity index is 2.22. The molecule has 1 unspecified atom stereocenters. The summed E-state index contributed by atoms with van der Waals surface area (Å²) in [7, 11) is 1.81. The zero-order chi connectivity index (χ0) is 12.3. The van der Waals surface area contributed by atoms with Gasteiger partial charge in [-0.05, 0) is 12.1 Å². The summed E-state index contributed by atoms with van der Waals surface area (Å²) in [6, 6.07) is 2.99. The normalized spacial score (nSPS) is 13.2. The molecule has 17 heavy (non-hydrogen) atoms. The highest BCUT2D eigenvalue weighted by molar-refractivity contribution is 5.15. The van der Waals surface area contributed by atoms with E-state index in [2.05, 4.69) is 10.3 Å². The fourth-order valence-corrected chi connectivity index (χ4v) is 1.64. The maximum absolute atomic E-state index is 12.3. The van der Waals surface area contributed by atoms with Gasteiger partial charge in [-0.15, -0.1) is 0 Å². The van der Waals surface area contributed by atoms with Crippen LogP contribution < -0.4 is 5.32 Å². The predicted octanol–water partition coefficient (Wildman–Crippen LogP) is 1.96. The topological polar surface area (TPSA) is 43.0 Å². The number of aryl methyl sites for hydroxylation is 1. The van der Waals surface area contributed by atoms with E-state index in [0.717, 1.165) is 0 Å². The van der Waals surface area contributed by atoms with Crippen molar-refractivity contribution in [1.29, 1.82) is 0 Å². The fraction of sp³-hybridized carbons (Fsp3) is 0.364. The van der Waals surface area contributed by atoms with Gasteiger partial charge in [0.2, 0.25) is 0 Å². The lowest BCUT2D eigenvalue weighted by atomic mass is 10.2. The molecule has 92 valence electrons. The number of alkyl halides is 2. The van der Waals surface area contributed by atoms with Crippen molar-refractivity contribution >= 4 is 0 Å². The summed E-state index contributed by atoms with van der Waals surface area (Å²) in [6.07, 6.45) is 2.48. The molecule has 2 aromatic rings. The summed E-state index contributed by atoms with van der Waals surface area (Å²) in [5.41, 5.74) is 0. The molecular weight excluding hydrogens is 228 g/mol. The standard InChI is InChI=1S/C11H13F2N3O/c1-16-5-4-14-11(16)10(15-7-9(12)13)8-3-2-6-17-8/h2-6,9-10,15H,7H2,1H3. The number of aromatic nitrogens is 2. The first-order chi connectivity index (χ1) is 8.18. The molecule has 1 atom stereocenters. The molecule has 4 nitrogen and oxygen atoms in total. The van der Waals surface area contributed by atoms with Crippen molar-refractivity contribution in [3.05, 3.63) is 42.4 Å². The third-order valence-corrected chi connectivity index (χ3v) is 2.42. The maximum Gasteiger partial charge on any atom is 0.250 e.